The minimum absolute atomic E-state index is 0. The van der Waals surface area contributed by atoms with Crippen molar-refractivity contribution in [3.05, 3.63) is 193 Å². The molecule has 0 saturated heterocycles. The van der Waals surface area contributed by atoms with Crippen LogP contribution in [0.3, 0.4) is 0 Å². The van der Waals surface area contributed by atoms with Gasteiger partial charge < -0.3 is 49.0 Å². The van der Waals surface area contributed by atoms with Crippen molar-refractivity contribution in [2.45, 2.75) is 109 Å². The number of sulfone groups is 3. The normalized spacial score (nSPS) is 11.3. The summed E-state index contributed by atoms with van der Waals surface area (Å²) >= 11 is 3.43. The number of rotatable bonds is 20. The zero-order valence-corrected chi connectivity index (χ0v) is 63.8. The van der Waals surface area contributed by atoms with Crippen LogP contribution in [0.1, 0.15) is 95.9 Å². The molecule has 510 valence electrons. The van der Waals surface area contributed by atoms with Gasteiger partial charge in [-0.15, -0.1) is 0 Å². The van der Waals surface area contributed by atoms with Crippen LogP contribution in [-0.2, 0) is 64.2 Å². The molecule has 26 heteroatoms. The van der Waals surface area contributed by atoms with E-state index in [0.717, 1.165) is 79.8 Å². The molecule has 0 radical (unpaired) electrons. The van der Waals surface area contributed by atoms with Gasteiger partial charge in [0, 0.05) is 42.9 Å². The second-order valence-corrected chi connectivity index (χ2v) is 30.9. The van der Waals surface area contributed by atoms with E-state index in [0.29, 0.717) is 53.8 Å². The molecule has 0 bridgehead atoms. The van der Waals surface area contributed by atoms with Crippen LogP contribution >= 0.6 is 15.9 Å². The molecule has 0 aliphatic heterocycles. The number of aliphatic hydroxyl groups is 1. The fraction of sp³-hybridized carbons (Fsp3) is 0.314. The molecule has 3 aromatic heterocycles. The van der Waals surface area contributed by atoms with Crippen LogP contribution in [-0.4, -0.2) is 144 Å². The first-order valence-electron chi connectivity index (χ1n) is 30.1. The van der Waals surface area contributed by atoms with Gasteiger partial charge in [0.15, 0.2) is 40.9 Å². The number of hydrogen-bond donors (Lipinski definition) is 3. The maximum Gasteiger partial charge on any atom is 2.00 e. The average molecular weight is 1510 g/mol. The molecule has 9 rings (SSSR count). The van der Waals surface area contributed by atoms with E-state index >= 15 is 0 Å². The van der Waals surface area contributed by atoms with Crippen molar-refractivity contribution >= 4 is 93.0 Å². The summed E-state index contributed by atoms with van der Waals surface area (Å²) in [5.74, 6) is 0.404. The zero-order valence-electron chi connectivity index (χ0n) is 56.7. The summed E-state index contributed by atoms with van der Waals surface area (Å²) in [6.07, 6.45) is 3.48. The zero-order chi connectivity index (χ0) is 68.8. The van der Waals surface area contributed by atoms with Crippen LogP contribution in [0.5, 0.6) is 0 Å². The van der Waals surface area contributed by atoms with E-state index in [1.807, 2.05) is 105 Å². The summed E-state index contributed by atoms with van der Waals surface area (Å²) in [5, 5.41) is 41.4. The van der Waals surface area contributed by atoms with E-state index in [2.05, 4.69) is 72.8 Å². The Balaban J connectivity index is 0.000000342. The van der Waals surface area contributed by atoms with Crippen molar-refractivity contribution < 1.29 is 76.5 Å². The first-order chi connectivity index (χ1) is 43.5. The number of halogens is 2. The molecule has 0 atom stereocenters. The maximum atomic E-state index is 12.1. The van der Waals surface area contributed by atoms with Crippen LogP contribution in [0.25, 0.3) is 56.0 Å². The molecule has 0 fully saturated rings. The molecule has 96 heavy (non-hydrogen) atoms. The summed E-state index contributed by atoms with van der Waals surface area (Å²) in [5.41, 5.74) is 9.63. The molecule has 6 aromatic carbocycles. The van der Waals surface area contributed by atoms with Gasteiger partial charge in [0.25, 0.3) is 0 Å². The van der Waals surface area contributed by atoms with Crippen LogP contribution < -0.4 is 22.4 Å². The van der Waals surface area contributed by atoms with Crippen molar-refractivity contribution in [2.24, 2.45) is 17.8 Å². The first-order valence-corrected chi connectivity index (χ1v) is 36.6. The van der Waals surface area contributed by atoms with Crippen LogP contribution in [0, 0.1) is 25.2 Å². The molecule has 9 aromatic rings. The number of hydrogen-bond acceptors (Lipinski definition) is 16. The molecular formula is C70H85BBr2MgN6O13S3. The van der Waals surface area contributed by atoms with E-state index in [1.165, 1.54) is 36.8 Å². The monoisotopic (exact) mass is 1510 g/mol. The Hall–Kier alpha value is -6.59. The molecule has 3 heterocycles. The van der Waals surface area contributed by atoms with Crippen molar-refractivity contribution in [1.82, 2.24) is 29.3 Å². The predicted molar refractivity (Wildman–Crippen MR) is 381 cm³/mol. The average Bonchev–Trinajstić information content (AvgIpc) is 1.60. The molecule has 0 aliphatic carbocycles. The van der Waals surface area contributed by atoms with E-state index in [4.69, 9.17) is 19.5 Å². The second kappa shape index (κ2) is 36.8. The third kappa shape index (κ3) is 24.4. The van der Waals surface area contributed by atoms with Gasteiger partial charge >= 0.3 is 42.1 Å². The van der Waals surface area contributed by atoms with Crippen LogP contribution in [0.4, 0.5) is 0 Å². The van der Waals surface area contributed by atoms with E-state index < -0.39 is 48.2 Å². The molecular weight excluding hydrogens is 1420 g/mol. The van der Waals surface area contributed by atoms with Crippen molar-refractivity contribution in [1.29, 1.82) is 0 Å². The Kier molecular flexibility index (Phi) is 32.1. The van der Waals surface area contributed by atoms with Gasteiger partial charge in [0.2, 0.25) is 0 Å². The Morgan fingerprint density at radius 3 is 1.12 bits per heavy atom. The Morgan fingerprint density at radius 1 is 0.490 bits per heavy atom. The Labute approximate surface area is 601 Å². The maximum absolute atomic E-state index is 12.1. The summed E-state index contributed by atoms with van der Waals surface area (Å²) < 4.78 is 86.2. The van der Waals surface area contributed by atoms with Gasteiger partial charge in [-0.05, 0) is 157 Å². The van der Waals surface area contributed by atoms with Gasteiger partial charge in [0.05, 0.1) is 50.7 Å². The van der Waals surface area contributed by atoms with Crippen LogP contribution in [0.15, 0.2) is 183 Å². The van der Waals surface area contributed by atoms with Gasteiger partial charge in [0.1, 0.15) is 5.60 Å². The number of carbonyl (C=O) groups excluding carboxylic acids is 2. The third-order valence-corrected chi connectivity index (χ3v) is 17.7. The molecule has 0 spiro atoms. The third-order valence-electron chi connectivity index (χ3n) is 13.8. The molecule has 0 aliphatic rings. The summed E-state index contributed by atoms with van der Waals surface area (Å²) in [4.78, 5) is 24.7. The quantitative estimate of drug-likeness (QED) is 0.0365. The standard InChI is InChI=1S/C23H26N2O4S.C23H28N2O3S.C16H19BrN2O2.C7H9BO4S.CH3.BrH.Mg/c1-5-29-23(26)21-14-22(25(24-21)15-16(2)3)18-11-9-17(10-12-18)19-7-6-8-20(13-19)30(4,27)28;1-16(2)15-25-21(14-22(24-25)23(3,4)26)18-11-9-17(10-12-18)19-7-6-8-20(13-19)29(5,27)28;1-4-21-16(20)14-9-15(19(18-14)10-11(2)3)12-5-7-13(17)8-6-12;1-13(11,12)7-4-2-3-6(5-7)8(9)10;;;/h6-14,16H,5,15H2,1-4H3;6-14,16,26H,15H2,1-5H3;5-9,11H,4,10H2,1-3H3;2-5,9-10H,1H3;1H3;1H;/q;;;;-1;;+2/p-1. The van der Waals surface area contributed by atoms with E-state index in [9.17, 15) is 39.9 Å². The Bertz CT molecular complexity index is 4360. The molecule has 19 nitrogen and oxygen atoms in total. The minimum atomic E-state index is -3.28. The van der Waals surface area contributed by atoms with Gasteiger partial charge in [-0.2, -0.15) is 15.3 Å². The molecule has 3 N–H and O–H groups in total. The predicted octanol–water partition coefficient (Wildman–Crippen LogP) is 8.95. The van der Waals surface area contributed by atoms with Gasteiger partial charge in [-0.1, -0.05) is 155 Å². The second-order valence-electron chi connectivity index (χ2n) is 24.0. The fourth-order valence-electron chi connectivity index (χ4n) is 9.32. The number of carbonyl (C=O) groups is 2. The van der Waals surface area contributed by atoms with Gasteiger partial charge in [-0.25, -0.2) is 34.8 Å². The summed E-state index contributed by atoms with van der Waals surface area (Å²) in [7, 11) is -11.4. The van der Waals surface area contributed by atoms with Crippen molar-refractivity contribution in [3.63, 3.8) is 0 Å². The molecule has 0 unspecified atom stereocenters. The topological polar surface area (TPSA) is 269 Å². The molecule has 0 saturated carbocycles. The number of aromatic nitrogens is 6. The number of nitrogens with zero attached hydrogens (tertiary/aromatic N) is 6. The molecule has 0 amide bonds. The number of ether oxygens (including phenoxy) is 2. The fourth-order valence-corrected chi connectivity index (χ4v) is 11.6. The van der Waals surface area contributed by atoms with E-state index in [1.54, 1.807) is 76.2 Å². The summed E-state index contributed by atoms with van der Waals surface area (Å²) in [6.45, 7) is 22.5. The van der Waals surface area contributed by atoms with Crippen LogP contribution in [0.2, 0.25) is 0 Å². The number of esters is 2. The Morgan fingerprint density at radius 2 is 0.802 bits per heavy atom. The minimum Gasteiger partial charge on any atom is -1.00 e. The first kappa shape index (κ1) is 83.6. The smallest absolute Gasteiger partial charge is 1.00 e. The van der Waals surface area contributed by atoms with E-state index in [-0.39, 0.29) is 74.4 Å². The van der Waals surface area contributed by atoms with Gasteiger partial charge in [-0.3, -0.25) is 14.0 Å². The van der Waals surface area contributed by atoms with Crippen molar-refractivity contribution in [2.75, 3.05) is 32.0 Å². The van der Waals surface area contributed by atoms with Crippen molar-refractivity contribution in [3.8, 4) is 56.0 Å². The summed E-state index contributed by atoms with van der Waals surface area (Å²) in [6, 6.07) is 48.6. The SMILES string of the molecule is CC(C)Cn1nc(C(C)(C)O)cc1-c1ccc(-c2cccc(S(C)(=O)=O)c2)cc1.CCOC(=O)c1cc(-c2ccc(-c3cccc(S(C)(=O)=O)c3)cc2)n(CC(C)C)n1.CCOC(=O)c1cc(-c2ccc(Br)cc2)n(CC(C)C)n1.CS(=O)(=O)c1cccc(B(O)O)c1.[Br-].[CH3-].[Mg+2]. The number of benzene rings is 6. The largest absolute Gasteiger partial charge is 2.00 e.